The maximum atomic E-state index is 5.34. The third kappa shape index (κ3) is 3.13. The Morgan fingerprint density at radius 3 is 2.32 bits per heavy atom. The molecule has 0 saturated carbocycles. The summed E-state index contributed by atoms with van der Waals surface area (Å²) in [5.41, 5.74) is 2.42. The van der Waals surface area contributed by atoms with Crippen LogP contribution in [0.4, 0.5) is 0 Å². The predicted octanol–water partition coefficient (Wildman–Crippen LogP) is 4.25. The zero-order valence-corrected chi connectivity index (χ0v) is 12.8. The normalized spacial score (nSPS) is 11.5. The van der Waals surface area contributed by atoms with Crippen molar-refractivity contribution >= 4 is 12.2 Å². The van der Waals surface area contributed by atoms with E-state index in [1.807, 2.05) is 4.57 Å². The van der Waals surface area contributed by atoms with Crippen LogP contribution in [0.3, 0.4) is 0 Å². The molecule has 0 amide bonds. The molecule has 1 N–H and O–H groups in total. The van der Waals surface area contributed by atoms with Gasteiger partial charge >= 0.3 is 0 Å². The van der Waals surface area contributed by atoms with E-state index in [0.717, 1.165) is 17.9 Å². The summed E-state index contributed by atoms with van der Waals surface area (Å²) in [7, 11) is 0. The largest absolute Gasteiger partial charge is 0.272 e. The van der Waals surface area contributed by atoms with Gasteiger partial charge in [0.25, 0.3) is 0 Å². The fourth-order valence-electron chi connectivity index (χ4n) is 2.11. The van der Waals surface area contributed by atoms with Crippen molar-refractivity contribution in [1.82, 2.24) is 14.8 Å². The average molecular weight is 275 g/mol. The molecule has 19 heavy (non-hydrogen) atoms. The van der Waals surface area contributed by atoms with Crippen LogP contribution in [0.5, 0.6) is 0 Å². The van der Waals surface area contributed by atoms with E-state index >= 15 is 0 Å². The molecule has 0 bridgehead atoms. The van der Waals surface area contributed by atoms with Gasteiger partial charge in [0.15, 0.2) is 4.77 Å². The van der Waals surface area contributed by atoms with Crippen LogP contribution in [-0.2, 0) is 6.42 Å². The summed E-state index contributed by atoms with van der Waals surface area (Å²) in [6.45, 7) is 8.76. The van der Waals surface area contributed by atoms with Crippen molar-refractivity contribution in [3.8, 4) is 5.69 Å². The van der Waals surface area contributed by atoms with Gasteiger partial charge in [-0.2, -0.15) is 5.10 Å². The van der Waals surface area contributed by atoms with Gasteiger partial charge in [0, 0.05) is 12.1 Å². The first-order valence-electron chi connectivity index (χ1n) is 6.75. The Morgan fingerprint density at radius 1 is 1.16 bits per heavy atom. The second-order valence-electron chi connectivity index (χ2n) is 5.62. The van der Waals surface area contributed by atoms with Crippen molar-refractivity contribution in [2.45, 2.75) is 40.0 Å². The van der Waals surface area contributed by atoms with Crippen LogP contribution >= 0.6 is 12.2 Å². The smallest absolute Gasteiger partial charge is 0.199 e. The lowest BCUT2D eigenvalue weighted by molar-refractivity contribution is 0.611. The SMILES string of the molecule is CC(C)Cc1n[nH]c(=S)n1-c1ccc(C(C)C)cc1. The lowest BCUT2D eigenvalue weighted by Crippen LogP contribution is -2.05. The van der Waals surface area contributed by atoms with Gasteiger partial charge in [-0.15, -0.1) is 0 Å². The first-order valence-corrected chi connectivity index (χ1v) is 7.16. The van der Waals surface area contributed by atoms with E-state index in [9.17, 15) is 0 Å². The molecule has 0 unspecified atom stereocenters. The molecule has 0 saturated heterocycles. The van der Waals surface area contributed by atoms with Gasteiger partial charge in [0.2, 0.25) is 0 Å². The third-order valence-corrected chi connectivity index (χ3v) is 3.42. The van der Waals surface area contributed by atoms with Gasteiger partial charge in [-0.1, -0.05) is 39.8 Å². The Bertz CT molecular complexity index is 591. The molecule has 0 radical (unpaired) electrons. The van der Waals surface area contributed by atoms with Crippen molar-refractivity contribution < 1.29 is 0 Å². The Morgan fingerprint density at radius 2 is 1.79 bits per heavy atom. The van der Waals surface area contributed by atoms with Gasteiger partial charge in [-0.25, -0.2) is 0 Å². The number of H-pyrrole nitrogens is 1. The molecule has 1 aromatic carbocycles. The minimum atomic E-state index is 0.543. The third-order valence-electron chi connectivity index (χ3n) is 3.15. The number of nitrogens with zero attached hydrogens (tertiary/aromatic N) is 2. The molecule has 102 valence electrons. The topological polar surface area (TPSA) is 33.6 Å². The summed E-state index contributed by atoms with van der Waals surface area (Å²) in [6, 6.07) is 8.55. The van der Waals surface area contributed by atoms with Gasteiger partial charge in [-0.3, -0.25) is 9.67 Å². The maximum absolute atomic E-state index is 5.34. The Kier molecular flexibility index (Phi) is 4.20. The second-order valence-corrected chi connectivity index (χ2v) is 6.01. The molecule has 4 heteroatoms. The van der Waals surface area contributed by atoms with Crippen molar-refractivity contribution in [1.29, 1.82) is 0 Å². The fraction of sp³-hybridized carbons (Fsp3) is 0.467. The van der Waals surface area contributed by atoms with Gasteiger partial charge in [0.05, 0.1) is 0 Å². The van der Waals surface area contributed by atoms with Gasteiger partial charge in [-0.05, 0) is 41.7 Å². The molecule has 0 atom stereocenters. The summed E-state index contributed by atoms with van der Waals surface area (Å²) in [5.74, 6) is 2.10. The Balaban J connectivity index is 2.41. The van der Waals surface area contributed by atoms with Gasteiger partial charge < -0.3 is 0 Å². The van der Waals surface area contributed by atoms with Crippen molar-refractivity contribution in [3.05, 3.63) is 40.4 Å². The number of hydrogen-bond acceptors (Lipinski definition) is 2. The molecule has 0 spiro atoms. The van der Waals surface area contributed by atoms with E-state index in [0.29, 0.717) is 16.6 Å². The molecule has 0 fully saturated rings. The average Bonchev–Trinajstić information content (AvgIpc) is 2.70. The van der Waals surface area contributed by atoms with Crippen molar-refractivity contribution in [2.75, 3.05) is 0 Å². The highest BCUT2D eigenvalue weighted by atomic mass is 32.1. The van der Waals surface area contributed by atoms with E-state index in [-0.39, 0.29) is 0 Å². The van der Waals surface area contributed by atoms with E-state index < -0.39 is 0 Å². The lowest BCUT2D eigenvalue weighted by Gasteiger charge is -2.10. The molecule has 2 aromatic rings. The zero-order valence-electron chi connectivity index (χ0n) is 12.0. The highest BCUT2D eigenvalue weighted by molar-refractivity contribution is 7.71. The molecule has 2 rings (SSSR count). The Hall–Kier alpha value is -1.42. The van der Waals surface area contributed by atoms with E-state index in [1.165, 1.54) is 5.56 Å². The van der Waals surface area contributed by atoms with Crippen LogP contribution in [0.15, 0.2) is 24.3 Å². The highest BCUT2D eigenvalue weighted by Crippen LogP contribution is 2.19. The molecule has 0 aliphatic carbocycles. The molecule has 1 aromatic heterocycles. The molecule has 0 aliphatic rings. The Labute approximate surface area is 119 Å². The summed E-state index contributed by atoms with van der Waals surface area (Å²) in [6.07, 6.45) is 0.916. The quantitative estimate of drug-likeness (QED) is 0.846. The number of hydrogen-bond donors (Lipinski definition) is 1. The summed E-state index contributed by atoms with van der Waals surface area (Å²) < 4.78 is 2.69. The summed E-state index contributed by atoms with van der Waals surface area (Å²) in [4.78, 5) is 0. The van der Waals surface area contributed by atoms with E-state index in [4.69, 9.17) is 12.2 Å². The molecule has 0 aliphatic heterocycles. The fourth-order valence-corrected chi connectivity index (χ4v) is 2.36. The molecular formula is C15H21N3S. The van der Waals surface area contributed by atoms with Crippen LogP contribution in [0.25, 0.3) is 5.69 Å². The predicted molar refractivity (Wildman–Crippen MR) is 81.4 cm³/mol. The molecular weight excluding hydrogens is 254 g/mol. The van der Waals surface area contributed by atoms with Crippen molar-refractivity contribution in [2.24, 2.45) is 5.92 Å². The lowest BCUT2D eigenvalue weighted by atomic mass is 10.0. The standard InChI is InChI=1S/C15H21N3S/c1-10(2)9-14-16-17-15(19)18(14)13-7-5-12(6-8-13)11(3)4/h5-8,10-11H,9H2,1-4H3,(H,17,19). The highest BCUT2D eigenvalue weighted by Gasteiger charge is 2.10. The van der Waals surface area contributed by atoms with Crippen LogP contribution in [0, 0.1) is 10.7 Å². The number of aromatic nitrogens is 3. The summed E-state index contributed by atoms with van der Waals surface area (Å²) >= 11 is 5.34. The minimum Gasteiger partial charge on any atom is -0.272 e. The summed E-state index contributed by atoms with van der Waals surface area (Å²) in [5, 5.41) is 7.23. The monoisotopic (exact) mass is 275 g/mol. The number of benzene rings is 1. The number of aromatic amines is 1. The maximum Gasteiger partial charge on any atom is 0.199 e. The first kappa shape index (κ1) is 14.0. The molecule has 3 nitrogen and oxygen atoms in total. The van der Waals surface area contributed by atoms with Crippen LogP contribution in [0.1, 0.15) is 45.0 Å². The van der Waals surface area contributed by atoms with E-state index in [1.54, 1.807) is 0 Å². The van der Waals surface area contributed by atoms with Crippen LogP contribution < -0.4 is 0 Å². The van der Waals surface area contributed by atoms with Crippen molar-refractivity contribution in [3.63, 3.8) is 0 Å². The molecule has 1 heterocycles. The van der Waals surface area contributed by atoms with E-state index in [2.05, 4.69) is 62.2 Å². The minimum absolute atomic E-state index is 0.543. The van der Waals surface area contributed by atoms with Gasteiger partial charge in [0.1, 0.15) is 5.82 Å². The number of rotatable bonds is 4. The van der Waals surface area contributed by atoms with Crippen LogP contribution in [0.2, 0.25) is 0 Å². The second kappa shape index (κ2) is 5.70. The first-order chi connectivity index (χ1) is 8.99. The number of nitrogens with one attached hydrogen (secondary N) is 1. The van der Waals surface area contributed by atoms with Crippen LogP contribution in [-0.4, -0.2) is 14.8 Å². The zero-order chi connectivity index (χ0) is 14.0.